The Bertz CT molecular complexity index is 1240. The van der Waals surface area contributed by atoms with Crippen molar-refractivity contribution in [3.63, 3.8) is 0 Å². The van der Waals surface area contributed by atoms with Gasteiger partial charge in [0, 0.05) is 39.1 Å². The van der Waals surface area contributed by atoms with Crippen molar-refractivity contribution in [1.82, 2.24) is 9.69 Å². The van der Waals surface area contributed by atoms with Gasteiger partial charge in [-0.1, -0.05) is 31.2 Å². The second kappa shape index (κ2) is 12.3. The van der Waals surface area contributed by atoms with E-state index in [0.717, 1.165) is 29.2 Å². The monoisotopic (exact) mass is 524 g/mol. The molecule has 11 heteroatoms. The molecule has 1 heterocycles. The van der Waals surface area contributed by atoms with Crippen molar-refractivity contribution in [2.75, 3.05) is 49.9 Å². The zero-order valence-electron chi connectivity index (χ0n) is 21.4. The number of benzene rings is 2. The van der Waals surface area contributed by atoms with E-state index in [-0.39, 0.29) is 22.8 Å². The van der Waals surface area contributed by atoms with Crippen molar-refractivity contribution in [1.29, 1.82) is 0 Å². The lowest BCUT2D eigenvalue weighted by Crippen LogP contribution is -2.44. The number of amides is 3. The summed E-state index contributed by atoms with van der Waals surface area (Å²) in [7, 11) is 5.37. The van der Waals surface area contributed by atoms with Crippen LogP contribution in [0.4, 0.5) is 17.1 Å². The predicted octanol–water partition coefficient (Wildman–Crippen LogP) is 2.60. The Labute approximate surface area is 220 Å². The minimum Gasteiger partial charge on any atom is -0.395 e. The zero-order chi connectivity index (χ0) is 27.1. The maximum Gasteiger partial charge on any atom is 0.273 e. The van der Waals surface area contributed by atoms with Crippen LogP contribution in [0.5, 0.6) is 0 Å². The Morgan fingerprint density at radius 1 is 1.05 bits per heavy atom. The number of ether oxygens (including phenoxy) is 1. The van der Waals surface area contributed by atoms with E-state index in [9.17, 15) is 14.4 Å². The number of nitrogens with one attached hydrogen (secondary N) is 1. The first-order valence-corrected chi connectivity index (χ1v) is 12.5. The maximum absolute atomic E-state index is 14.0. The van der Waals surface area contributed by atoms with Gasteiger partial charge < -0.3 is 26.4 Å². The van der Waals surface area contributed by atoms with E-state index in [0.29, 0.717) is 17.9 Å². The molecule has 0 saturated heterocycles. The van der Waals surface area contributed by atoms with E-state index < -0.39 is 23.8 Å². The third-order valence-electron chi connectivity index (χ3n) is 5.83. The summed E-state index contributed by atoms with van der Waals surface area (Å²) < 4.78 is 9.06. The SMILES string of the molecule is CCc1ccc(N(C(=O)c2snc(C(N)=O)c2N)[C@H](C(=O)NCCOC)c2ccc(N(C)C)cc2)cc1. The lowest BCUT2D eigenvalue weighted by Gasteiger charge is -2.31. The van der Waals surface area contributed by atoms with Crippen LogP contribution in [0.2, 0.25) is 0 Å². The number of anilines is 3. The molecule has 5 N–H and O–H groups in total. The molecule has 3 aromatic rings. The molecule has 2 aromatic carbocycles. The van der Waals surface area contributed by atoms with Crippen LogP contribution in [0.15, 0.2) is 48.5 Å². The number of carbonyl (C=O) groups is 3. The van der Waals surface area contributed by atoms with Crippen molar-refractivity contribution >= 4 is 46.3 Å². The summed E-state index contributed by atoms with van der Waals surface area (Å²) in [5, 5.41) is 2.85. The standard InChI is InChI=1S/C26H32N6O4S/c1-5-16-6-10-19(11-7-16)32(26(35)23-20(27)21(24(28)33)30-37-23)22(25(34)29-14-15-36-4)17-8-12-18(13-9-17)31(2)3/h6-13,22H,5,14-15,27H2,1-4H3,(H2,28,33)(H,29,34)/t22-/m0/s1. The van der Waals surface area contributed by atoms with Crippen LogP contribution in [0.3, 0.4) is 0 Å². The van der Waals surface area contributed by atoms with Gasteiger partial charge in [0.2, 0.25) is 5.91 Å². The molecule has 10 nitrogen and oxygen atoms in total. The fourth-order valence-electron chi connectivity index (χ4n) is 3.76. The molecule has 1 aromatic heterocycles. The highest BCUT2D eigenvalue weighted by Gasteiger charge is 2.36. The number of hydrogen-bond acceptors (Lipinski definition) is 8. The quantitative estimate of drug-likeness (QED) is 0.327. The van der Waals surface area contributed by atoms with Gasteiger partial charge in [0.25, 0.3) is 11.8 Å². The molecule has 0 aliphatic heterocycles. The van der Waals surface area contributed by atoms with Crippen LogP contribution >= 0.6 is 11.5 Å². The Morgan fingerprint density at radius 2 is 1.68 bits per heavy atom. The van der Waals surface area contributed by atoms with Gasteiger partial charge in [-0.3, -0.25) is 19.3 Å². The highest BCUT2D eigenvalue weighted by atomic mass is 32.1. The number of carbonyl (C=O) groups excluding carboxylic acids is 3. The molecule has 0 aliphatic rings. The Balaban J connectivity index is 2.18. The first kappa shape index (κ1) is 27.6. The second-order valence-electron chi connectivity index (χ2n) is 8.51. The Hall–Kier alpha value is -3.96. The number of primary amides is 1. The normalized spacial score (nSPS) is 11.6. The average molecular weight is 525 g/mol. The fraction of sp³-hybridized carbons (Fsp3) is 0.308. The summed E-state index contributed by atoms with van der Waals surface area (Å²) in [6.45, 7) is 2.59. The van der Waals surface area contributed by atoms with E-state index in [1.54, 1.807) is 12.1 Å². The summed E-state index contributed by atoms with van der Waals surface area (Å²) in [6.07, 6.45) is 0.810. The van der Waals surface area contributed by atoms with E-state index in [1.807, 2.05) is 62.3 Å². The van der Waals surface area contributed by atoms with Crippen LogP contribution < -0.4 is 26.6 Å². The highest BCUT2D eigenvalue weighted by molar-refractivity contribution is 7.09. The van der Waals surface area contributed by atoms with Gasteiger partial charge in [-0.05, 0) is 53.3 Å². The zero-order valence-corrected chi connectivity index (χ0v) is 22.2. The second-order valence-corrected chi connectivity index (χ2v) is 9.28. The van der Waals surface area contributed by atoms with E-state index in [4.69, 9.17) is 16.2 Å². The molecule has 196 valence electrons. The predicted molar refractivity (Wildman–Crippen MR) is 146 cm³/mol. The summed E-state index contributed by atoms with van der Waals surface area (Å²) in [4.78, 5) is 42.7. The number of methoxy groups -OCH3 is 1. The topological polar surface area (TPSA) is 144 Å². The van der Waals surface area contributed by atoms with Crippen molar-refractivity contribution in [3.05, 3.63) is 70.2 Å². The Morgan fingerprint density at radius 3 is 2.19 bits per heavy atom. The van der Waals surface area contributed by atoms with Gasteiger partial charge in [-0.2, -0.15) is 4.37 Å². The molecule has 0 radical (unpaired) electrons. The molecule has 0 saturated carbocycles. The minimum absolute atomic E-state index is 0.0213. The largest absolute Gasteiger partial charge is 0.395 e. The molecular formula is C26H32N6O4S. The van der Waals surface area contributed by atoms with Crippen LogP contribution in [0.25, 0.3) is 0 Å². The van der Waals surface area contributed by atoms with Crippen molar-refractivity contribution in [3.8, 4) is 0 Å². The van der Waals surface area contributed by atoms with Crippen LogP contribution in [-0.2, 0) is 16.0 Å². The number of aromatic nitrogens is 1. The van der Waals surface area contributed by atoms with Crippen LogP contribution in [0, 0.1) is 0 Å². The first-order valence-electron chi connectivity index (χ1n) is 11.7. The molecule has 37 heavy (non-hydrogen) atoms. The summed E-state index contributed by atoms with van der Waals surface area (Å²) >= 11 is 0.770. The number of aryl methyl sites for hydroxylation is 1. The number of nitrogen functional groups attached to an aromatic ring is 1. The van der Waals surface area contributed by atoms with Crippen molar-refractivity contribution < 1.29 is 19.1 Å². The summed E-state index contributed by atoms with van der Waals surface area (Å²) in [6, 6.07) is 13.7. The van der Waals surface area contributed by atoms with Crippen molar-refractivity contribution in [2.24, 2.45) is 5.73 Å². The van der Waals surface area contributed by atoms with Crippen LogP contribution in [0.1, 0.15) is 44.3 Å². The molecule has 0 spiro atoms. The third-order valence-corrected chi connectivity index (χ3v) is 6.69. The van der Waals surface area contributed by atoms with Gasteiger partial charge >= 0.3 is 0 Å². The summed E-state index contributed by atoms with van der Waals surface area (Å²) in [5.74, 6) is -1.81. The molecule has 0 fully saturated rings. The Kier molecular flexibility index (Phi) is 9.20. The van der Waals surface area contributed by atoms with Crippen LogP contribution in [-0.4, -0.2) is 56.5 Å². The van der Waals surface area contributed by atoms with Gasteiger partial charge in [0.15, 0.2) is 5.69 Å². The number of hydrogen-bond donors (Lipinski definition) is 3. The highest BCUT2D eigenvalue weighted by Crippen LogP contribution is 2.34. The van der Waals surface area contributed by atoms with Gasteiger partial charge in [0.05, 0.1) is 12.3 Å². The molecule has 0 aliphatic carbocycles. The summed E-state index contributed by atoms with van der Waals surface area (Å²) in [5.41, 5.74) is 14.3. The first-order chi connectivity index (χ1) is 17.7. The molecule has 0 bridgehead atoms. The third kappa shape index (κ3) is 6.25. The van der Waals surface area contributed by atoms with Gasteiger partial charge in [0.1, 0.15) is 10.9 Å². The van der Waals surface area contributed by atoms with Gasteiger partial charge in [-0.25, -0.2) is 0 Å². The number of nitrogens with two attached hydrogens (primary N) is 2. The van der Waals surface area contributed by atoms with E-state index in [1.165, 1.54) is 12.0 Å². The van der Waals surface area contributed by atoms with Crippen molar-refractivity contribution in [2.45, 2.75) is 19.4 Å². The van der Waals surface area contributed by atoms with E-state index in [2.05, 4.69) is 9.69 Å². The molecule has 3 rings (SSSR count). The number of nitrogens with zero attached hydrogens (tertiary/aromatic N) is 3. The lowest BCUT2D eigenvalue weighted by atomic mass is 10.0. The molecule has 3 amide bonds. The fourth-order valence-corrected chi connectivity index (χ4v) is 4.50. The smallest absolute Gasteiger partial charge is 0.273 e. The van der Waals surface area contributed by atoms with E-state index >= 15 is 0 Å². The molecular weight excluding hydrogens is 492 g/mol. The molecule has 1 atom stereocenters. The average Bonchev–Trinajstić information content (AvgIpc) is 3.28. The molecule has 0 unspecified atom stereocenters. The maximum atomic E-state index is 14.0. The van der Waals surface area contributed by atoms with Gasteiger partial charge in [-0.15, -0.1) is 0 Å². The number of rotatable bonds is 11. The minimum atomic E-state index is -1.05. The lowest BCUT2D eigenvalue weighted by molar-refractivity contribution is -0.122.